The summed E-state index contributed by atoms with van der Waals surface area (Å²) in [6.07, 6.45) is 6.19. The maximum absolute atomic E-state index is 13.4. The van der Waals surface area contributed by atoms with Gasteiger partial charge in [-0.3, -0.25) is 19.3 Å². The van der Waals surface area contributed by atoms with Gasteiger partial charge in [-0.1, -0.05) is 42.5 Å². The number of carbonyl (C=O) groups excluding carboxylic acids is 1. The molecule has 1 amide bonds. The van der Waals surface area contributed by atoms with Crippen LogP contribution in [0.3, 0.4) is 0 Å². The summed E-state index contributed by atoms with van der Waals surface area (Å²) in [7, 11) is 0. The molecule has 3 aromatic rings. The van der Waals surface area contributed by atoms with Crippen LogP contribution in [0.2, 0.25) is 0 Å². The van der Waals surface area contributed by atoms with Crippen molar-refractivity contribution in [3.63, 3.8) is 0 Å². The van der Waals surface area contributed by atoms with Gasteiger partial charge in [-0.25, -0.2) is 0 Å². The maximum Gasteiger partial charge on any atom is 0.277 e. The van der Waals surface area contributed by atoms with Crippen molar-refractivity contribution in [2.45, 2.75) is 23.1 Å². The van der Waals surface area contributed by atoms with E-state index in [4.69, 9.17) is 4.74 Å². The molecule has 0 saturated heterocycles. The average molecular weight is 474 g/mol. The molecule has 0 aliphatic carbocycles. The Balaban J connectivity index is 1.67. The number of hydrogen-bond donors (Lipinski definition) is 1. The third-order valence-electron chi connectivity index (χ3n) is 6.53. The molecule has 0 saturated carbocycles. The molecule has 1 atom stereocenters. The number of rotatable bonds is 0. The normalized spacial score (nSPS) is 20.0. The molecule has 3 aliphatic rings. The van der Waals surface area contributed by atoms with Crippen LogP contribution in [0.4, 0.5) is 0 Å². The van der Waals surface area contributed by atoms with Crippen LogP contribution in [-0.2, 0) is 5.75 Å². The summed E-state index contributed by atoms with van der Waals surface area (Å²) in [5.74, 6) is 0.707. The third-order valence-corrected chi connectivity index (χ3v) is 7.67. The number of thioether (sulfide) groups is 1. The number of nitrogens with zero attached hydrogens (tertiary/aromatic N) is 3. The van der Waals surface area contributed by atoms with Crippen molar-refractivity contribution in [2.24, 2.45) is 0 Å². The molecule has 1 aromatic heterocycles. The van der Waals surface area contributed by atoms with Crippen LogP contribution in [0.5, 0.6) is 11.5 Å². The predicted molar refractivity (Wildman–Crippen MR) is 130 cm³/mol. The van der Waals surface area contributed by atoms with Crippen LogP contribution < -0.4 is 15.2 Å². The van der Waals surface area contributed by atoms with Gasteiger partial charge in [0.2, 0.25) is 5.43 Å². The smallest absolute Gasteiger partial charge is 0.277 e. The zero-order chi connectivity index (χ0) is 23.2. The molecule has 2 bridgehead atoms. The fourth-order valence-electron chi connectivity index (χ4n) is 4.93. The number of fused-ring (bicyclic) bond motifs is 7. The van der Waals surface area contributed by atoms with Crippen molar-refractivity contribution in [1.29, 1.82) is 0 Å². The summed E-state index contributed by atoms with van der Waals surface area (Å²) < 4.78 is 7.90. The first-order valence-corrected chi connectivity index (χ1v) is 12.2. The molecule has 3 aliphatic heterocycles. The molecule has 1 unspecified atom stereocenters. The van der Waals surface area contributed by atoms with Gasteiger partial charge in [-0.05, 0) is 29.7 Å². The van der Waals surface area contributed by atoms with E-state index in [-0.39, 0.29) is 17.6 Å². The lowest BCUT2D eigenvalue weighted by Crippen LogP contribution is -2.55. The molecule has 1 N–H and O–H groups in total. The van der Waals surface area contributed by atoms with Crippen molar-refractivity contribution in [3.05, 3.63) is 99.5 Å². The van der Waals surface area contributed by atoms with E-state index in [2.05, 4.69) is 23.2 Å². The molecular formula is C26H23N3O4S. The van der Waals surface area contributed by atoms with Crippen LogP contribution >= 0.6 is 11.8 Å². The quantitative estimate of drug-likeness (QED) is 0.503. The van der Waals surface area contributed by atoms with Gasteiger partial charge in [0, 0.05) is 35.0 Å². The second-order valence-corrected chi connectivity index (χ2v) is 9.52. The molecule has 2 aromatic carbocycles. The average Bonchev–Trinajstić information content (AvgIpc) is 3.01. The van der Waals surface area contributed by atoms with E-state index in [1.165, 1.54) is 6.07 Å². The summed E-state index contributed by atoms with van der Waals surface area (Å²) in [4.78, 5) is 28.5. The van der Waals surface area contributed by atoms with Crippen LogP contribution in [0, 0.1) is 0 Å². The number of amides is 1. The Hall–Kier alpha value is -3.65. The zero-order valence-electron chi connectivity index (χ0n) is 18.4. The lowest BCUT2D eigenvalue weighted by Gasteiger charge is -2.44. The molecule has 7 nitrogen and oxygen atoms in total. The van der Waals surface area contributed by atoms with E-state index in [1.54, 1.807) is 27.5 Å². The molecule has 172 valence electrons. The highest BCUT2D eigenvalue weighted by atomic mass is 32.2. The molecule has 0 spiro atoms. The number of aromatic nitrogens is 1. The van der Waals surface area contributed by atoms with Crippen molar-refractivity contribution in [3.8, 4) is 11.5 Å². The molecular weight excluding hydrogens is 450 g/mol. The van der Waals surface area contributed by atoms with Gasteiger partial charge in [0.15, 0.2) is 11.4 Å². The van der Waals surface area contributed by atoms with Gasteiger partial charge in [0.25, 0.3) is 5.91 Å². The number of pyridine rings is 1. The van der Waals surface area contributed by atoms with Gasteiger partial charge >= 0.3 is 0 Å². The summed E-state index contributed by atoms with van der Waals surface area (Å²) in [5, 5.41) is 12.7. The fourth-order valence-corrected chi connectivity index (χ4v) is 6.01. The van der Waals surface area contributed by atoms with E-state index in [0.717, 1.165) is 33.1 Å². The monoisotopic (exact) mass is 473 g/mol. The topological polar surface area (TPSA) is 75.0 Å². The van der Waals surface area contributed by atoms with Crippen LogP contribution in [0.25, 0.3) is 0 Å². The first-order valence-electron chi connectivity index (χ1n) is 11.3. The fraction of sp³-hybridized carbons (Fsp3) is 0.231. The molecule has 34 heavy (non-hydrogen) atoms. The summed E-state index contributed by atoms with van der Waals surface area (Å²) in [5.41, 5.74) is 2.71. The number of carbonyl (C=O) groups is 1. The Kier molecular flexibility index (Phi) is 5.10. The summed E-state index contributed by atoms with van der Waals surface area (Å²) in [6, 6.07) is 15.4. The number of aromatic hydroxyl groups is 1. The molecule has 0 radical (unpaired) electrons. The SMILES string of the molecule is O=C1c2c(O)c(=O)ccn2N2CN1CC/C=C\COc1cccc3c1C2c1ccccc1SC3. The van der Waals surface area contributed by atoms with Gasteiger partial charge < -0.3 is 14.7 Å². The Morgan fingerprint density at radius 2 is 1.91 bits per heavy atom. The minimum atomic E-state index is -0.566. The first-order chi connectivity index (χ1) is 16.6. The molecule has 0 fully saturated rings. The van der Waals surface area contributed by atoms with Crippen LogP contribution in [0.1, 0.15) is 39.6 Å². The number of ether oxygens (including phenoxy) is 1. The lowest BCUT2D eigenvalue weighted by molar-refractivity contribution is 0.0682. The Morgan fingerprint density at radius 3 is 2.82 bits per heavy atom. The Bertz CT molecular complexity index is 1380. The second-order valence-electron chi connectivity index (χ2n) is 8.50. The van der Waals surface area contributed by atoms with Gasteiger partial charge in [0.1, 0.15) is 25.1 Å². The van der Waals surface area contributed by atoms with Crippen molar-refractivity contribution in [2.75, 3.05) is 24.8 Å². The van der Waals surface area contributed by atoms with Crippen molar-refractivity contribution < 1.29 is 14.6 Å². The Labute approximate surface area is 200 Å². The predicted octanol–water partition coefficient (Wildman–Crippen LogP) is 3.64. The van der Waals surface area contributed by atoms with Crippen LogP contribution in [0.15, 0.2) is 76.6 Å². The molecule has 4 heterocycles. The lowest BCUT2D eigenvalue weighted by atomic mass is 9.93. The van der Waals surface area contributed by atoms with Crippen molar-refractivity contribution >= 4 is 17.7 Å². The summed E-state index contributed by atoms with van der Waals surface area (Å²) in [6.45, 7) is 1.21. The zero-order valence-corrected chi connectivity index (χ0v) is 19.2. The number of benzene rings is 2. The largest absolute Gasteiger partial charge is 0.502 e. The maximum atomic E-state index is 13.4. The highest BCUT2D eigenvalue weighted by Gasteiger charge is 2.39. The third kappa shape index (κ3) is 3.28. The van der Waals surface area contributed by atoms with Gasteiger partial charge in [0.05, 0.1) is 0 Å². The van der Waals surface area contributed by atoms with Gasteiger partial charge in [-0.2, -0.15) is 0 Å². The van der Waals surface area contributed by atoms with E-state index in [9.17, 15) is 14.7 Å². The minimum absolute atomic E-state index is 0.00544. The highest BCUT2D eigenvalue weighted by molar-refractivity contribution is 7.98. The van der Waals surface area contributed by atoms with E-state index in [0.29, 0.717) is 26.2 Å². The standard InChI is InChI=1S/C26H23N3O4S/c30-19-11-13-28-24(25(19)31)26(32)27-12-4-1-5-14-33-20-9-6-7-17-15-34-21-10-3-2-8-18(21)23(22(17)20)29(28)16-27/h1-3,5-11,13,23,31H,4,12,14-16H2/b5-1-. The first kappa shape index (κ1) is 20.9. The summed E-state index contributed by atoms with van der Waals surface area (Å²) >= 11 is 1.77. The van der Waals surface area contributed by atoms with E-state index < -0.39 is 11.2 Å². The Morgan fingerprint density at radius 1 is 1.03 bits per heavy atom. The van der Waals surface area contributed by atoms with Gasteiger partial charge in [-0.15, -0.1) is 11.8 Å². The minimum Gasteiger partial charge on any atom is -0.502 e. The highest BCUT2D eigenvalue weighted by Crippen LogP contribution is 2.46. The van der Waals surface area contributed by atoms with E-state index >= 15 is 0 Å². The number of hydrogen-bond acceptors (Lipinski definition) is 6. The van der Waals surface area contributed by atoms with Crippen LogP contribution in [-0.4, -0.2) is 40.4 Å². The molecule has 6 rings (SSSR count). The molecule has 8 heteroatoms. The van der Waals surface area contributed by atoms with Crippen molar-refractivity contribution in [1.82, 2.24) is 9.58 Å². The second kappa shape index (κ2) is 8.29. The van der Waals surface area contributed by atoms with E-state index in [1.807, 2.05) is 36.4 Å².